The van der Waals surface area contributed by atoms with Gasteiger partial charge in [-0.25, -0.2) is 14.6 Å². The fraction of sp³-hybridized carbons (Fsp3) is 0.167. The van der Waals surface area contributed by atoms with Gasteiger partial charge in [0.25, 0.3) is 0 Å². The summed E-state index contributed by atoms with van der Waals surface area (Å²) in [6, 6.07) is 16.7. The number of rotatable bonds is 3. The lowest BCUT2D eigenvalue weighted by Gasteiger charge is -2.36. The number of nitrogens with zero attached hydrogens (tertiary/aromatic N) is 2. The van der Waals surface area contributed by atoms with E-state index in [1.807, 2.05) is 0 Å². The molecule has 1 saturated heterocycles. The lowest BCUT2D eigenvalue weighted by Crippen LogP contribution is -2.60. The van der Waals surface area contributed by atoms with Crippen LogP contribution >= 0.6 is 0 Å². The molecule has 0 saturated carbocycles. The van der Waals surface area contributed by atoms with E-state index in [0.717, 1.165) is 9.80 Å². The molecule has 0 aromatic heterocycles. The van der Waals surface area contributed by atoms with E-state index in [1.54, 1.807) is 67.6 Å². The van der Waals surface area contributed by atoms with E-state index in [1.165, 1.54) is 0 Å². The molecule has 3 rings (SSSR count). The molecule has 5 heteroatoms. The number of anilines is 2. The molecule has 0 aliphatic carbocycles. The van der Waals surface area contributed by atoms with Gasteiger partial charge in [0.05, 0.1) is 11.4 Å². The van der Waals surface area contributed by atoms with Crippen molar-refractivity contribution < 1.29 is 14.4 Å². The van der Waals surface area contributed by atoms with Crippen LogP contribution in [0.15, 0.2) is 60.7 Å². The van der Waals surface area contributed by atoms with Gasteiger partial charge in [-0.3, -0.25) is 9.59 Å². The van der Waals surface area contributed by atoms with E-state index < -0.39 is 23.8 Å². The first-order valence-electron chi connectivity index (χ1n) is 7.47. The van der Waals surface area contributed by atoms with E-state index in [4.69, 9.17) is 0 Å². The fourth-order valence-corrected chi connectivity index (χ4v) is 2.68. The van der Waals surface area contributed by atoms with Gasteiger partial charge in [-0.1, -0.05) is 43.3 Å². The summed E-state index contributed by atoms with van der Waals surface area (Å²) in [5.41, 5.74) is 0.934. The minimum atomic E-state index is -0.854. The quantitative estimate of drug-likeness (QED) is 0.818. The Labute approximate surface area is 134 Å². The Morgan fingerprint density at radius 1 is 0.739 bits per heavy atom. The number of hydrogen-bond acceptors (Lipinski definition) is 3. The summed E-state index contributed by atoms with van der Waals surface area (Å²) in [5, 5.41) is 0. The first-order chi connectivity index (χ1) is 11.1. The van der Waals surface area contributed by atoms with E-state index in [9.17, 15) is 14.4 Å². The molecule has 23 heavy (non-hydrogen) atoms. The monoisotopic (exact) mass is 308 g/mol. The highest BCUT2D eigenvalue weighted by molar-refractivity contribution is 6.36. The summed E-state index contributed by atoms with van der Waals surface area (Å²) < 4.78 is 0. The zero-order valence-electron chi connectivity index (χ0n) is 12.7. The molecule has 0 atom stereocenters. The third kappa shape index (κ3) is 2.50. The second-order valence-corrected chi connectivity index (χ2v) is 5.26. The molecule has 1 aliphatic rings. The molecular formula is C18H16N2O3. The van der Waals surface area contributed by atoms with Crippen molar-refractivity contribution in [1.82, 2.24) is 0 Å². The predicted molar refractivity (Wildman–Crippen MR) is 87.0 cm³/mol. The van der Waals surface area contributed by atoms with Crippen LogP contribution in [0.2, 0.25) is 0 Å². The number of amides is 4. The number of benzene rings is 2. The second kappa shape index (κ2) is 6.04. The average Bonchev–Trinajstić information content (AvgIpc) is 2.57. The summed E-state index contributed by atoms with van der Waals surface area (Å²) in [6.45, 7) is 1.77. The van der Waals surface area contributed by atoms with Gasteiger partial charge in [-0.15, -0.1) is 0 Å². The standard InChI is InChI=1S/C18H16N2O3/c1-2-15-16(21)19(13-9-5-3-6-10-13)18(23)20(17(15)22)14-11-7-4-8-12-14/h3-12,15H,2H2,1H3. The van der Waals surface area contributed by atoms with E-state index >= 15 is 0 Å². The van der Waals surface area contributed by atoms with Gasteiger partial charge in [0.1, 0.15) is 5.92 Å². The molecule has 0 bridgehead atoms. The zero-order chi connectivity index (χ0) is 16.4. The summed E-state index contributed by atoms with van der Waals surface area (Å²) in [5.74, 6) is -1.80. The Morgan fingerprint density at radius 2 is 1.13 bits per heavy atom. The third-order valence-corrected chi connectivity index (χ3v) is 3.86. The first-order valence-corrected chi connectivity index (χ1v) is 7.47. The molecule has 1 fully saturated rings. The van der Waals surface area contributed by atoms with E-state index in [-0.39, 0.29) is 0 Å². The van der Waals surface area contributed by atoms with Gasteiger partial charge in [-0.2, -0.15) is 0 Å². The second-order valence-electron chi connectivity index (χ2n) is 5.26. The summed E-state index contributed by atoms with van der Waals surface area (Å²) in [6.07, 6.45) is 0.345. The molecular weight excluding hydrogens is 292 g/mol. The number of hydrogen-bond donors (Lipinski definition) is 0. The molecule has 116 valence electrons. The van der Waals surface area contributed by atoms with Gasteiger partial charge in [0.15, 0.2) is 0 Å². The van der Waals surface area contributed by atoms with Gasteiger partial charge < -0.3 is 0 Å². The molecule has 2 aromatic rings. The van der Waals surface area contributed by atoms with Gasteiger partial charge in [0.2, 0.25) is 11.8 Å². The lowest BCUT2D eigenvalue weighted by atomic mass is 9.99. The van der Waals surface area contributed by atoms with Crippen molar-refractivity contribution in [3.05, 3.63) is 60.7 Å². The zero-order valence-corrected chi connectivity index (χ0v) is 12.7. The fourth-order valence-electron chi connectivity index (χ4n) is 2.68. The molecule has 1 heterocycles. The lowest BCUT2D eigenvalue weighted by molar-refractivity contribution is -0.132. The molecule has 0 N–H and O–H groups in total. The van der Waals surface area contributed by atoms with Gasteiger partial charge in [-0.05, 0) is 30.7 Å². The van der Waals surface area contributed by atoms with Crippen molar-refractivity contribution >= 4 is 29.2 Å². The number of urea groups is 1. The first kappa shape index (κ1) is 15.0. The molecule has 1 aliphatic heterocycles. The number of carbonyl (C=O) groups excluding carboxylic acids is 3. The summed E-state index contributed by atoms with van der Waals surface area (Å²) >= 11 is 0. The van der Waals surface area contributed by atoms with Crippen molar-refractivity contribution in [2.45, 2.75) is 13.3 Å². The normalized spacial score (nSPS) is 16.1. The maximum Gasteiger partial charge on any atom is 0.342 e. The Kier molecular flexibility index (Phi) is 3.93. The highest BCUT2D eigenvalue weighted by atomic mass is 16.2. The number of carbonyl (C=O) groups is 3. The molecule has 4 amide bonds. The summed E-state index contributed by atoms with van der Waals surface area (Å²) in [7, 11) is 0. The van der Waals surface area contributed by atoms with Crippen molar-refractivity contribution in [1.29, 1.82) is 0 Å². The number of para-hydroxylation sites is 2. The molecule has 0 unspecified atom stereocenters. The SMILES string of the molecule is CCC1C(=O)N(c2ccccc2)C(=O)N(c2ccccc2)C1=O. The van der Waals surface area contributed by atoms with Crippen LogP contribution < -0.4 is 9.80 Å². The molecule has 5 nitrogen and oxygen atoms in total. The molecule has 2 aromatic carbocycles. The Hall–Kier alpha value is -2.95. The van der Waals surface area contributed by atoms with E-state index in [0.29, 0.717) is 17.8 Å². The van der Waals surface area contributed by atoms with Crippen LogP contribution in [0.4, 0.5) is 16.2 Å². The van der Waals surface area contributed by atoms with Crippen LogP contribution in [0.3, 0.4) is 0 Å². The van der Waals surface area contributed by atoms with E-state index in [2.05, 4.69) is 0 Å². The van der Waals surface area contributed by atoms with Crippen LogP contribution in [-0.4, -0.2) is 17.8 Å². The third-order valence-electron chi connectivity index (χ3n) is 3.86. The van der Waals surface area contributed by atoms with Gasteiger partial charge >= 0.3 is 6.03 Å². The van der Waals surface area contributed by atoms with Crippen molar-refractivity contribution in [2.24, 2.45) is 5.92 Å². The van der Waals surface area contributed by atoms with Crippen LogP contribution in [-0.2, 0) is 9.59 Å². The van der Waals surface area contributed by atoms with Crippen LogP contribution in [0.25, 0.3) is 0 Å². The highest BCUT2D eigenvalue weighted by Gasteiger charge is 2.46. The topological polar surface area (TPSA) is 57.7 Å². The van der Waals surface area contributed by atoms with Crippen LogP contribution in [0.1, 0.15) is 13.3 Å². The average molecular weight is 308 g/mol. The number of imide groups is 2. The maximum absolute atomic E-state index is 12.8. The Morgan fingerprint density at radius 3 is 1.48 bits per heavy atom. The minimum absolute atomic E-state index is 0.345. The number of barbiturate groups is 1. The van der Waals surface area contributed by atoms with Crippen molar-refractivity contribution in [3.63, 3.8) is 0 Å². The van der Waals surface area contributed by atoms with Crippen molar-refractivity contribution in [2.75, 3.05) is 9.80 Å². The van der Waals surface area contributed by atoms with Gasteiger partial charge in [0, 0.05) is 0 Å². The smallest absolute Gasteiger partial charge is 0.273 e. The summed E-state index contributed by atoms with van der Waals surface area (Å²) in [4.78, 5) is 40.2. The predicted octanol–water partition coefficient (Wildman–Crippen LogP) is 3.21. The Balaban J connectivity index is 2.09. The van der Waals surface area contributed by atoms with Crippen LogP contribution in [0.5, 0.6) is 0 Å². The Bertz CT molecular complexity index is 682. The molecule has 0 spiro atoms. The highest BCUT2D eigenvalue weighted by Crippen LogP contribution is 2.29. The van der Waals surface area contributed by atoms with Crippen molar-refractivity contribution in [3.8, 4) is 0 Å². The minimum Gasteiger partial charge on any atom is -0.273 e. The largest absolute Gasteiger partial charge is 0.342 e. The maximum atomic E-state index is 12.8. The molecule has 0 radical (unpaired) electrons. The van der Waals surface area contributed by atoms with Crippen LogP contribution in [0, 0.1) is 5.92 Å².